The first-order valence-corrected chi connectivity index (χ1v) is 10.1. The lowest BCUT2D eigenvalue weighted by atomic mass is 9.77. The summed E-state index contributed by atoms with van der Waals surface area (Å²) in [4.78, 5) is 26.1. The lowest BCUT2D eigenvalue weighted by Crippen LogP contribution is -2.44. The number of benzene rings is 1. The van der Waals surface area contributed by atoms with E-state index in [1.165, 1.54) is 18.2 Å². The summed E-state index contributed by atoms with van der Waals surface area (Å²) in [6, 6.07) is 6.06. The van der Waals surface area contributed by atoms with E-state index in [1.807, 2.05) is 0 Å². The summed E-state index contributed by atoms with van der Waals surface area (Å²) in [5.41, 5.74) is 0.316. The maximum Gasteiger partial charge on any atom is 0.253 e. The molecule has 0 aliphatic carbocycles. The van der Waals surface area contributed by atoms with E-state index in [9.17, 15) is 18.0 Å². The van der Waals surface area contributed by atoms with Crippen molar-refractivity contribution in [2.45, 2.75) is 24.2 Å². The second kappa shape index (κ2) is 7.20. The Kier molecular flexibility index (Phi) is 5.15. The van der Waals surface area contributed by atoms with E-state index in [0.717, 1.165) is 12.8 Å². The first-order valence-electron chi connectivity index (χ1n) is 8.62. The highest BCUT2D eigenvalue weighted by Crippen LogP contribution is 2.37. The van der Waals surface area contributed by atoms with Gasteiger partial charge in [-0.15, -0.1) is 6.58 Å². The van der Waals surface area contributed by atoms with Crippen LogP contribution in [-0.4, -0.2) is 51.3 Å². The van der Waals surface area contributed by atoms with Crippen molar-refractivity contribution in [3.05, 3.63) is 42.5 Å². The van der Waals surface area contributed by atoms with E-state index >= 15 is 0 Å². The monoisotopic (exact) mass is 377 g/mol. The van der Waals surface area contributed by atoms with Crippen LogP contribution in [0.3, 0.4) is 0 Å². The molecule has 0 bridgehead atoms. The standard InChI is InChI=1S/C18H23N3O4S/c1-2-8-20-26(24,25)15-5-3-4-14(11-15)17(23)21-9-6-18(7-10-21)12-16(22)19-13-18/h2-5,11,20H,1,6-10,12-13H2,(H,19,22). The molecule has 1 spiro atoms. The zero-order valence-electron chi connectivity index (χ0n) is 14.5. The minimum atomic E-state index is -3.67. The quantitative estimate of drug-likeness (QED) is 0.745. The molecule has 0 saturated carbocycles. The van der Waals surface area contributed by atoms with E-state index in [2.05, 4.69) is 16.6 Å². The van der Waals surface area contributed by atoms with Gasteiger partial charge in [-0.25, -0.2) is 13.1 Å². The van der Waals surface area contributed by atoms with Crippen LogP contribution in [0.5, 0.6) is 0 Å². The van der Waals surface area contributed by atoms with Crippen molar-refractivity contribution < 1.29 is 18.0 Å². The number of carbonyl (C=O) groups is 2. The normalized spacial score (nSPS) is 19.4. The zero-order valence-corrected chi connectivity index (χ0v) is 15.3. The lowest BCUT2D eigenvalue weighted by molar-refractivity contribution is -0.119. The second-order valence-electron chi connectivity index (χ2n) is 6.91. The average molecular weight is 377 g/mol. The van der Waals surface area contributed by atoms with Crippen molar-refractivity contribution >= 4 is 21.8 Å². The topological polar surface area (TPSA) is 95.6 Å². The van der Waals surface area contributed by atoms with Crippen molar-refractivity contribution in [3.8, 4) is 0 Å². The SMILES string of the molecule is C=CCNS(=O)(=O)c1cccc(C(=O)N2CCC3(CC2)CNC(=O)C3)c1. The predicted octanol–water partition coefficient (Wildman–Crippen LogP) is 0.893. The van der Waals surface area contributed by atoms with Crippen LogP contribution in [0, 0.1) is 5.41 Å². The highest BCUT2D eigenvalue weighted by atomic mass is 32.2. The maximum absolute atomic E-state index is 12.8. The molecule has 0 atom stereocenters. The highest BCUT2D eigenvalue weighted by molar-refractivity contribution is 7.89. The van der Waals surface area contributed by atoms with Gasteiger partial charge in [-0.1, -0.05) is 12.1 Å². The fraction of sp³-hybridized carbons (Fsp3) is 0.444. The van der Waals surface area contributed by atoms with Gasteiger partial charge in [-0.3, -0.25) is 9.59 Å². The third kappa shape index (κ3) is 3.81. The molecule has 2 N–H and O–H groups in total. The number of rotatable bonds is 5. The molecule has 0 unspecified atom stereocenters. The van der Waals surface area contributed by atoms with E-state index < -0.39 is 10.0 Å². The minimum Gasteiger partial charge on any atom is -0.356 e. The maximum atomic E-state index is 12.8. The number of likely N-dealkylation sites (tertiary alicyclic amines) is 1. The summed E-state index contributed by atoms with van der Waals surface area (Å²) in [5, 5.41) is 2.87. The van der Waals surface area contributed by atoms with E-state index in [1.54, 1.807) is 17.0 Å². The Hall–Kier alpha value is -2.19. The number of piperidine rings is 1. The summed E-state index contributed by atoms with van der Waals surface area (Å²) >= 11 is 0. The summed E-state index contributed by atoms with van der Waals surface area (Å²) in [7, 11) is -3.67. The highest BCUT2D eigenvalue weighted by Gasteiger charge is 2.41. The largest absolute Gasteiger partial charge is 0.356 e. The molecule has 1 aromatic carbocycles. The van der Waals surface area contributed by atoms with Crippen LogP contribution in [0.2, 0.25) is 0 Å². The van der Waals surface area contributed by atoms with Crippen LogP contribution in [0.25, 0.3) is 0 Å². The van der Waals surface area contributed by atoms with Gasteiger partial charge in [0.2, 0.25) is 15.9 Å². The summed E-state index contributed by atoms with van der Waals surface area (Å²) in [5.74, 6) is -0.104. The van der Waals surface area contributed by atoms with Gasteiger partial charge in [0.25, 0.3) is 5.91 Å². The molecular formula is C18H23N3O4S. The van der Waals surface area contributed by atoms with E-state index in [-0.39, 0.29) is 28.7 Å². The number of hydrogen-bond acceptors (Lipinski definition) is 4. The first kappa shape index (κ1) is 18.6. The van der Waals surface area contributed by atoms with Gasteiger partial charge in [-0.2, -0.15) is 0 Å². The van der Waals surface area contributed by atoms with Crippen molar-refractivity contribution in [1.29, 1.82) is 0 Å². The third-order valence-corrected chi connectivity index (χ3v) is 6.54. The number of nitrogens with zero attached hydrogens (tertiary/aromatic N) is 1. The molecule has 140 valence electrons. The number of hydrogen-bond donors (Lipinski definition) is 2. The van der Waals surface area contributed by atoms with Crippen LogP contribution < -0.4 is 10.0 Å². The fourth-order valence-corrected chi connectivity index (χ4v) is 4.56. The molecule has 26 heavy (non-hydrogen) atoms. The summed E-state index contributed by atoms with van der Waals surface area (Å²) < 4.78 is 26.8. The third-order valence-electron chi connectivity index (χ3n) is 5.12. The van der Waals surface area contributed by atoms with Crippen LogP contribution in [0.1, 0.15) is 29.6 Å². The molecule has 0 aromatic heterocycles. The predicted molar refractivity (Wildman–Crippen MR) is 97.0 cm³/mol. The van der Waals surface area contributed by atoms with Crippen LogP contribution >= 0.6 is 0 Å². The molecule has 0 radical (unpaired) electrons. The lowest BCUT2D eigenvalue weighted by Gasteiger charge is -2.38. The molecule has 2 saturated heterocycles. The number of carbonyl (C=O) groups excluding carboxylic acids is 2. The Morgan fingerprint density at radius 2 is 2.08 bits per heavy atom. The van der Waals surface area contributed by atoms with Crippen molar-refractivity contribution in [3.63, 3.8) is 0 Å². The molecule has 7 nitrogen and oxygen atoms in total. The Morgan fingerprint density at radius 1 is 1.35 bits per heavy atom. The number of sulfonamides is 1. The summed E-state index contributed by atoms with van der Waals surface area (Å²) in [6.45, 7) is 5.43. The van der Waals surface area contributed by atoms with Gasteiger partial charge >= 0.3 is 0 Å². The molecule has 2 aliphatic heterocycles. The Bertz CT molecular complexity index is 827. The van der Waals surface area contributed by atoms with E-state index in [0.29, 0.717) is 31.6 Å². The van der Waals surface area contributed by atoms with Crippen molar-refractivity contribution in [2.24, 2.45) is 5.41 Å². The van der Waals surface area contributed by atoms with Crippen molar-refractivity contribution in [1.82, 2.24) is 14.9 Å². The molecule has 3 rings (SSSR count). The molecule has 8 heteroatoms. The van der Waals surface area contributed by atoms with Gasteiger partial charge < -0.3 is 10.2 Å². The Labute approximate surface area is 153 Å². The van der Waals surface area contributed by atoms with E-state index in [4.69, 9.17) is 0 Å². The molecule has 2 amide bonds. The van der Waals surface area contributed by atoms with Gasteiger partial charge in [0.1, 0.15) is 0 Å². The van der Waals surface area contributed by atoms with Gasteiger partial charge in [0, 0.05) is 38.2 Å². The smallest absolute Gasteiger partial charge is 0.253 e. The molecule has 1 aromatic rings. The number of amides is 2. The van der Waals surface area contributed by atoms with Gasteiger partial charge in [0.15, 0.2) is 0 Å². The average Bonchev–Trinajstić information content (AvgIpc) is 3.00. The zero-order chi connectivity index (χ0) is 18.8. The van der Waals surface area contributed by atoms with Crippen LogP contribution in [0.15, 0.2) is 41.8 Å². The van der Waals surface area contributed by atoms with Crippen LogP contribution in [-0.2, 0) is 14.8 Å². The second-order valence-corrected chi connectivity index (χ2v) is 8.68. The fourth-order valence-electron chi connectivity index (χ4n) is 3.52. The number of nitrogens with one attached hydrogen (secondary N) is 2. The molecule has 2 fully saturated rings. The minimum absolute atomic E-state index is 0.0341. The van der Waals surface area contributed by atoms with Gasteiger partial charge in [0.05, 0.1) is 4.90 Å². The Morgan fingerprint density at radius 3 is 2.69 bits per heavy atom. The molecule has 2 aliphatic rings. The van der Waals surface area contributed by atoms with Crippen LogP contribution in [0.4, 0.5) is 0 Å². The molecule has 2 heterocycles. The summed E-state index contributed by atoms with van der Waals surface area (Å²) in [6.07, 6.45) is 3.53. The molecular weight excluding hydrogens is 354 g/mol. The Balaban J connectivity index is 1.70. The van der Waals surface area contributed by atoms with Crippen molar-refractivity contribution in [2.75, 3.05) is 26.2 Å². The van der Waals surface area contributed by atoms with Gasteiger partial charge in [-0.05, 0) is 36.5 Å². The first-order chi connectivity index (χ1) is 12.4.